The molecule has 2 heterocycles. The lowest BCUT2D eigenvalue weighted by Gasteiger charge is -1.94. The van der Waals surface area contributed by atoms with Gasteiger partial charge in [0.15, 0.2) is 5.15 Å². The van der Waals surface area contributed by atoms with E-state index in [1.54, 1.807) is 13.0 Å². The zero-order chi connectivity index (χ0) is 10.3. The minimum atomic E-state index is -0.557. The van der Waals surface area contributed by atoms with E-state index in [1.807, 2.05) is 0 Å². The number of nitrogens with zero attached hydrogens (tertiary/aromatic N) is 4. The summed E-state index contributed by atoms with van der Waals surface area (Å²) in [5, 5.41) is 14.6. The maximum Gasteiger partial charge on any atom is 0.368 e. The summed E-state index contributed by atoms with van der Waals surface area (Å²) >= 11 is 5.74. The molecule has 2 aromatic rings. The van der Waals surface area contributed by atoms with Crippen LogP contribution in [-0.4, -0.2) is 19.5 Å². The molecular weight excluding hydrogens is 208 g/mol. The van der Waals surface area contributed by atoms with E-state index in [2.05, 4.69) is 10.1 Å². The first-order valence-corrected chi connectivity index (χ1v) is 4.12. The van der Waals surface area contributed by atoms with E-state index in [1.165, 1.54) is 0 Å². The fourth-order valence-electron chi connectivity index (χ4n) is 1.10. The Bertz CT molecular complexity index is 522. The van der Waals surface area contributed by atoms with Crippen molar-refractivity contribution >= 4 is 23.1 Å². The van der Waals surface area contributed by atoms with E-state index in [-0.39, 0.29) is 11.0 Å². The van der Waals surface area contributed by atoms with Gasteiger partial charge < -0.3 is 10.1 Å². The Kier molecular flexibility index (Phi) is 1.85. The van der Waals surface area contributed by atoms with Crippen molar-refractivity contribution < 1.29 is 4.92 Å². The Morgan fingerprint density at radius 1 is 1.64 bits per heavy atom. The topological polar surface area (TPSA) is 73.3 Å². The lowest BCUT2D eigenvalue weighted by Crippen LogP contribution is -1.99. The van der Waals surface area contributed by atoms with Gasteiger partial charge in [-0.3, -0.25) is 0 Å². The second-order valence-electron chi connectivity index (χ2n) is 2.76. The molecule has 72 valence electrons. The molecule has 0 N–H and O–H groups in total. The van der Waals surface area contributed by atoms with E-state index in [4.69, 9.17) is 11.6 Å². The van der Waals surface area contributed by atoms with Gasteiger partial charge in [0.25, 0.3) is 0 Å². The molecule has 0 aliphatic heterocycles. The largest absolute Gasteiger partial charge is 0.368 e. The third-order valence-corrected chi connectivity index (χ3v) is 2.17. The monoisotopic (exact) mass is 212 g/mol. The van der Waals surface area contributed by atoms with Crippen LogP contribution in [0.4, 0.5) is 5.82 Å². The molecule has 0 unspecified atom stereocenters. The van der Waals surface area contributed by atoms with Gasteiger partial charge in [-0.05, 0) is 17.4 Å². The highest BCUT2D eigenvalue weighted by molar-refractivity contribution is 6.30. The molecule has 0 saturated heterocycles. The molecule has 14 heavy (non-hydrogen) atoms. The number of halogens is 1. The fourth-order valence-corrected chi connectivity index (χ4v) is 1.23. The summed E-state index contributed by atoms with van der Waals surface area (Å²) in [6.45, 7) is 1.76. The summed E-state index contributed by atoms with van der Waals surface area (Å²) in [5.41, 5.74) is 1.15. The quantitative estimate of drug-likeness (QED) is 0.532. The summed E-state index contributed by atoms with van der Waals surface area (Å²) in [6, 6.07) is 1.64. The Morgan fingerprint density at radius 2 is 2.36 bits per heavy atom. The third kappa shape index (κ3) is 1.20. The third-order valence-electron chi connectivity index (χ3n) is 1.79. The maximum absolute atomic E-state index is 10.5. The molecule has 2 aromatic heterocycles. The minimum Gasteiger partial charge on any atom is -0.358 e. The fraction of sp³-hybridized carbons (Fsp3) is 0.143. The van der Waals surface area contributed by atoms with Gasteiger partial charge in [0, 0.05) is 6.07 Å². The maximum atomic E-state index is 10.5. The van der Waals surface area contributed by atoms with Crippen LogP contribution in [0, 0.1) is 17.0 Å². The van der Waals surface area contributed by atoms with Gasteiger partial charge >= 0.3 is 5.82 Å². The van der Waals surface area contributed by atoms with Crippen molar-refractivity contribution in [2.45, 2.75) is 6.92 Å². The summed E-state index contributed by atoms with van der Waals surface area (Å²) in [4.78, 5) is 13.8. The first-order valence-electron chi connectivity index (χ1n) is 3.75. The molecule has 0 atom stereocenters. The van der Waals surface area contributed by atoms with Crippen molar-refractivity contribution in [3.63, 3.8) is 0 Å². The van der Waals surface area contributed by atoms with Gasteiger partial charge in [-0.15, -0.1) is 0 Å². The highest BCUT2D eigenvalue weighted by Crippen LogP contribution is 2.17. The zero-order valence-corrected chi connectivity index (χ0v) is 7.89. The van der Waals surface area contributed by atoms with Crippen LogP contribution < -0.4 is 0 Å². The average Bonchev–Trinajstić information content (AvgIpc) is 2.48. The van der Waals surface area contributed by atoms with Gasteiger partial charge in [-0.2, -0.15) is 0 Å². The van der Waals surface area contributed by atoms with E-state index < -0.39 is 4.92 Å². The van der Waals surface area contributed by atoms with Crippen LogP contribution in [0.3, 0.4) is 0 Å². The van der Waals surface area contributed by atoms with Crippen LogP contribution in [0.2, 0.25) is 5.15 Å². The summed E-state index contributed by atoms with van der Waals surface area (Å²) in [7, 11) is 0. The van der Waals surface area contributed by atoms with Crippen molar-refractivity contribution in [3.05, 3.63) is 33.1 Å². The molecule has 0 aliphatic rings. The smallest absolute Gasteiger partial charge is 0.358 e. The van der Waals surface area contributed by atoms with Gasteiger partial charge in [-0.1, -0.05) is 21.2 Å². The molecule has 2 rings (SSSR count). The Balaban J connectivity index is 2.80. The van der Waals surface area contributed by atoms with Crippen LogP contribution in [0.25, 0.3) is 5.65 Å². The highest BCUT2D eigenvalue weighted by atomic mass is 35.5. The van der Waals surface area contributed by atoms with E-state index in [9.17, 15) is 10.1 Å². The zero-order valence-electron chi connectivity index (χ0n) is 7.14. The van der Waals surface area contributed by atoms with Crippen LogP contribution >= 0.6 is 11.6 Å². The Hall–Kier alpha value is -1.69. The van der Waals surface area contributed by atoms with Crippen molar-refractivity contribution in [2.75, 3.05) is 0 Å². The Morgan fingerprint density at radius 3 is 3.00 bits per heavy atom. The van der Waals surface area contributed by atoms with E-state index in [0.717, 1.165) is 16.3 Å². The van der Waals surface area contributed by atoms with E-state index in [0.29, 0.717) is 5.65 Å². The van der Waals surface area contributed by atoms with Crippen LogP contribution in [0.5, 0.6) is 0 Å². The molecule has 7 heteroatoms. The Labute approximate surface area is 83.3 Å². The number of hydrogen-bond acceptors (Lipinski definition) is 4. The normalized spacial score (nSPS) is 10.7. The number of fused-ring (bicyclic) bond motifs is 1. The number of nitro groups is 1. The minimum absolute atomic E-state index is 0.193. The highest BCUT2D eigenvalue weighted by Gasteiger charge is 2.16. The van der Waals surface area contributed by atoms with Crippen molar-refractivity contribution in [3.8, 4) is 0 Å². The predicted molar refractivity (Wildman–Crippen MR) is 49.4 cm³/mol. The molecule has 0 spiro atoms. The van der Waals surface area contributed by atoms with Gasteiger partial charge in [0.2, 0.25) is 5.65 Å². The first-order chi connectivity index (χ1) is 6.59. The van der Waals surface area contributed by atoms with Gasteiger partial charge in [-0.25, -0.2) is 4.98 Å². The summed E-state index contributed by atoms with van der Waals surface area (Å²) < 4.78 is 1.11. The van der Waals surface area contributed by atoms with Gasteiger partial charge in [0.1, 0.15) is 6.20 Å². The van der Waals surface area contributed by atoms with Gasteiger partial charge in [0.05, 0.1) is 0 Å². The van der Waals surface area contributed by atoms with E-state index >= 15 is 0 Å². The standard InChI is InChI=1S/C7H5ClN4O2/c1-4-2-5-9-3-6(12(13)14)11(5)10-7(4)8/h2-3H,1H3. The lowest BCUT2D eigenvalue weighted by molar-refractivity contribution is -0.391. The second kappa shape index (κ2) is 2.91. The molecule has 0 amide bonds. The molecule has 0 radical (unpaired) electrons. The second-order valence-corrected chi connectivity index (χ2v) is 3.12. The molecule has 0 aliphatic carbocycles. The summed E-state index contributed by atoms with van der Waals surface area (Å²) in [6.07, 6.45) is 1.15. The number of rotatable bonds is 1. The van der Waals surface area contributed by atoms with Crippen molar-refractivity contribution in [2.24, 2.45) is 0 Å². The average molecular weight is 213 g/mol. The van der Waals surface area contributed by atoms with Crippen molar-refractivity contribution in [1.29, 1.82) is 0 Å². The lowest BCUT2D eigenvalue weighted by atomic mass is 10.3. The molecule has 0 fully saturated rings. The van der Waals surface area contributed by atoms with Crippen LogP contribution in [0.1, 0.15) is 5.56 Å². The van der Waals surface area contributed by atoms with Crippen LogP contribution in [0.15, 0.2) is 12.3 Å². The molecular formula is C7H5ClN4O2. The molecule has 0 saturated carbocycles. The SMILES string of the molecule is Cc1cc2ncc([N+](=O)[O-])n2nc1Cl. The number of aryl methyl sites for hydroxylation is 1. The first kappa shape index (κ1) is 8.89. The molecule has 0 bridgehead atoms. The number of aromatic nitrogens is 3. The number of imidazole rings is 1. The molecule has 6 nitrogen and oxygen atoms in total. The predicted octanol–water partition coefficient (Wildman–Crippen LogP) is 1.60. The van der Waals surface area contributed by atoms with Crippen molar-refractivity contribution in [1.82, 2.24) is 14.6 Å². The van der Waals surface area contributed by atoms with Crippen LogP contribution in [-0.2, 0) is 0 Å². The summed E-state index contributed by atoms with van der Waals surface area (Å²) in [5.74, 6) is -0.193. The number of hydrogen-bond donors (Lipinski definition) is 0. The molecule has 0 aromatic carbocycles.